The molecule has 0 N–H and O–H groups in total. The highest BCUT2D eigenvalue weighted by Crippen LogP contribution is 2.20. The van der Waals surface area contributed by atoms with Crippen molar-refractivity contribution in [2.75, 3.05) is 26.7 Å². The Labute approximate surface area is 93.4 Å². The molecule has 0 aromatic heterocycles. The second-order valence-corrected chi connectivity index (χ2v) is 5.54. The van der Waals surface area contributed by atoms with Crippen LogP contribution in [0.15, 0.2) is 0 Å². The standard InChI is InChI=1S/C12H24N2O/c1-6-10-9-14(8-7-13(10)5)11(15)12(2,3)4/h10H,6-9H2,1-5H3. The fourth-order valence-corrected chi connectivity index (χ4v) is 2.05. The maximum absolute atomic E-state index is 12.1. The van der Waals surface area contributed by atoms with Gasteiger partial charge in [-0.05, 0) is 13.5 Å². The van der Waals surface area contributed by atoms with Crippen molar-refractivity contribution in [2.45, 2.75) is 40.2 Å². The summed E-state index contributed by atoms with van der Waals surface area (Å²) in [5, 5.41) is 0. The summed E-state index contributed by atoms with van der Waals surface area (Å²) >= 11 is 0. The molecular weight excluding hydrogens is 188 g/mol. The molecule has 88 valence electrons. The highest BCUT2D eigenvalue weighted by atomic mass is 16.2. The molecule has 1 aliphatic heterocycles. The van der Waals surface area contributed by atoms with Crippen LogP contribution in [0.3, 0.4) is 0 Å². The van der Waals surface area contributed by atoms with Gasteiger partial charge in [-0.2, -0.15) is 0 Å². The van der Waals surface area contributed by atoms with Crippen molar-refractivity contribution in [2.24, 2.45) is 5.41 Å². The number of hydrogen-bond acceptors (Lipinski definition) is 2. The van der Waals surface area contributed by atoms with Gasteiger partial charge in [0.15, 0.2) is 0 Å². The normalized spacial score (nSPS) is 24.3. The van der Waals surface area contributed by atoms with Gasteiger partial charge in [0, 0.05) is 31.1 Å². The summed E-state index contributed by atoms with van der Waals surface area (Å²) in [5.41, 5.74) is -0.242. The number of carbonyl (C=O) groups is 1. The first-order valence-corrected chi connectivity index (χ1v) is 5.86. The van der Waals surface area contributed by atoms with E-state index in [9.17, 15) is 4.79 Å². The lowest BCUT2D eigenvalue weighted by Gasteiger charge is -2.41. The van der Waals surface area contributed by atoms with E-state index in [1.165, 1.54) is 0 Å². The topological polar surface area (TPSA) is 23.6 Å². The molecular formula is C12H24N2O. The Bertz CT molecular complexity index is 232. The number of hydrogen-bond donors (Lipinski definition) is 0. The third-order valence-corrected chi connectivity index (χ3v) is 3.18. The first kappa shape index (κ1) is 12.5. The van der Waals surface area contributed by atoms with Gasteiger partial charge >= 0.3 is 0 Å². The van der Waals surface area contributed by atoms with Crippen LogP contribution < -0.4 is 0 Å². The van der Waals surface area contributed by atoms with Crippen molar-refractivity contribution >= 4 is 5.91 Å². The molecule has 0 aromatic carbocycles. The molecule has 1 saturated heterocycles. The Morgan fingerprint density at radius 1 is 1.33 bits per heavy atom. The predicted octanol–water partition coefficient (Wildman–Crippen LogP) is 1.59. The Morgan fingerprint density at radius 3 is 2.40 bits per heavy atom. The molecule has 0 spiro atoms. The van der Waals surface area contributed by atoms with Gasteiger partial charge in [-0.1, -0.05) is 27.7 Å². The average molecular weight is 212 g/mol. The van der Waals surface area contributed by atoms with Gasteiger partial charge in [0.05, 0.1) is 0 Å². The van der Waals surface area contributed by atoms with Crippen LogP contribution in [0, 0.1) is 5.41 Å². The van der Waals surface area contributed by atoms with Crippen molar-refractivity contribution in [1.82, 2.24) is 9.80 Å². The number of carbonyl (C=O) groups excluding carboxylic acids is 1. The van der Waals surface area contributed by atoms with Crippen LogP contribution in [0.4, 0.5) is 0 Å². The molecule has 0 aromatic rings. The van der Waals surface area contributed by atoms with E-state index in [2.05, 4.69) is 18.9 Å². The van der Waals surface area contributed by atoms with E-state index in [1.807, 2.05) is 25.7 Å². The van der Waals surface area contributed by atoms with Crippen LogP contribution >= 0.6 is 0 Å². The Morgan fingerprint density at radius 2 is 1.93 bits per heavy atom. The van der Waals surface area contributed by atoms with Gasteiger partial charge in [0.1, 0.15) is 0 Å². The molecule has 0 aliphatic carbocycles. The summed E-state index contributed by atoms with van der Waals surface area (Å²) in [6.45, 7) is 10.9. The minimum atomic E-state index is -0.242. The summed E-state index contributed by atoms with van der Waals surface area (Å²) in [6.07, 6.45) is 1.12. The Kier molecular flexibility index (Phi) is 3.77. The molecule has 0 radical (unpaired) electrons. The molecule has 1 fully saturated rings. The molecule has 1 amide bonds. The second-order valence-electron chi connectivity index (χ2n) is 5.54. The van der Waals surface area contributed by atoms with Gasteiger partial charge in [-0.15, -0.1) is 0 Å². The molecule has 3 heteroatoms. The largest absolute Gasteiger partial charge is 0.339 e. The minimum absolute atomic E-state index is 0.242. The lowest BCUT2D eigenvalue weighted by Crippen LogP contribution is -2.55. The summed E-state index contributed by atoms with van der Waals surface area (Å²) in [4.78, 5) is 16.5. The fourth-order valence-electron chi connectivity index (χ4n) is 2.05. The molecule has 1 atom stereocenters. The smallest absolute Gasteiger partial charge is 0.228 e. The summed E-state index contributed by atoms with van der Waals surface area (Å²) in [5.74, 6) is 0.286. The van der Waals surface area contributed by atoms with E-state index in [0.717, 1.165) is 26.1 Å². The number of likely N-dealkylation sites (N-methyl/N-ethyl adjacent to an activating group) is 1. The number of amides is 1. The van der Waals surface area contributed by atoms with E-state index >= 15 is 0 Å². The number of rotatable bonds is 1. The minimum Gasteiger partial charge on any atom is -0.339 e. The zero-order valence-electron chi connectivity index (χ0n) is 10.7. The maximum atomic E-state index is 12.1. The molecule has 1 aliphatic rings. The molecule has 0 saturated carbocycles. The third-order valence-electron chi connectivity index (χ3n) is 3.18. The highest BCUT2D eigenvalue weighted by molar-refractivity contribution is 5.81. The molecule has 1 heterocycles. The Balaban J connectivity index is 2.62. The summed E-state index contributed by atoms with van der Waals surface area (Å²) in [7, 11) is 2.15. The molecule has 15 heavy (non-hydrogen) atoms. The lowest BCUT2D eigenvalue weighted by atomic mass is 9.93. The highest BCUT2D eigenvalue weighted by Gasteiger charge is 2.32. The number of piperazine rings is 1. The lowest BCUT2D eigenvalue weighted by molar-refractivity contribution is -0.142. The quantitative estimate of drug-likeness (QED) is 0.659. The molecule has 0 bridgehead atoms. The molecule has 1 rings (SSSR count). The SMILES string of the molecule is CCC1CN(C(=O)C(C)(C)C)CCN1C. The van der Waals surface area contributed by atoms with Crippen molar-refractivity contribution in [3.63, 3.8) is 0 Å². The van der Waals surface area contributed by atoms with Crippen LogP contribution in [0.25, 0.3) is 0 Å². The van der Waals surface area contributed by atoms with Crippen molar-refractivity contribution < 1.29 is 4.79 Å². The third kappa shape index (κ3) is 2.94. The van der Waals surface area contributed by atoms with E-state index in [-0.39, 0.29) is 11.3 Å². The van der Waals surface area contributed by atoms with E-state index < -0.39 is 0 Å². The maximum Gasteiger partial charge on any atom is 0.228 e. The van der Waals surface area contributed by atoms with Crippen molar-refractivity contribution in [1.29, 1.82) is 0 Å². The van der Waals surface area contributed by atoms with E-state index in [4.69, 9.17) is 0 Å². The van der Waals surface area contributed by atoms with Gasteiger partial charge in [-0.3, -0.25) is 9.69 Å². The van der Waals surface area contributed by atoms with Crippen molar-refractivity contribution in [3.05, 3.63) is 0 Å². The average Bonchev–Trinajstić information content (AvgIpc) is 2.16. The molecule has 3 nitrogen and oxygen atoms in total. The van der Waals surface area contributed by atoms with Gasteiger partial charge in [0.2, 0.25) is 5.91 Å². The van der Waals surface area contributed by atoms with E-state index in [0.29, 0.717) is 6.04 Å². The second kappa shape index (κ2) is 4.52. The van der Waals surface area contributed by atoms with Crippen LogP contribution in [0.2, 0.25) is 0 Å². The first-order valence-electron chi connectivity index (χ1n) is 5.86. The summed E-state index contributed by atoms with van der Waals surface area (Å²) in [6, 6.07) is 0.532. The first-order chi connectivity index (χ1) is 6.86. The van der Waals surface area contributed by atoms with Crippen LogP contribution in [-0.2, 0) is 4.79 Å². The number of nitrogens with zero attached hydrogens (tertiary/aromatic N) is 2. The van der Waals surface area contributed by atoms with Gasteiger partial charge < -0.3 is 4.90 Å². The van der Waals surface area contributed by atoms with Crippen LogP contribution in [-0.4, -0.2) is 48.4 Å². The predicted molar refractivity (Wildman–Crippen MR) is 62.7 cm³/mol. The summed E-state index contributed by atoms with van der Waals surface area (Å²) < 4.78 is 0. The van der Waals surface area contributed by atoms with Crippen LogP contribution in [0.1, 0.15) is 34.1 Å². The van der Waals surface area contributed by atoms with Gasteiger partial charge in [-0.25, -0.2) is 0 Å². The van der Waals surface area contributed by atoms with Gasteiger partial charge in [0.25, 0.3) is 0 Å². The fraction of sp³-hybridized carbons (Fsp3) is 0.917. The van der Waals surface area contributed by atoms with E-state index in [1.54, 1.807) is 0 Å². The monoisotopic (exact) mass is 212 g/mol. The Hall–Kier alpha value is -0.570. The van der Waals surface area contributed by atoms with Crippen LogP contribution in [0.5, 0.6) is 0 Å². The zero-order chi connectivity index (χ0) is 11.6. The zero-order valence-corrected chi connectivity index (χ0v) is 10.7. The van der Waals surface area contributed by atoms with Crippen molar-refractivity contribution in [3.8, 4) is 0 Å². The molecule has 1 unspecified atom stereocenters.